The Bertz CT molecular complexity index is 1160. The van der Waals surface area contributed by atoms with Crippen LogP contribution in [0.4, 0.5) is 10.5 Å². The molecule has 0 atom stereocenters. The van der Waals surface area contributed by atoms with Crippen molar-refractivity contribution >= 4 is 17.6 Å². The molecule has 1 aliphatic carbocycles. The van der Waals surface area contributed by atoms with Gasteiger partial charge in [-0.2, -0.15) is 9.78 Å². The van der Waals surface area contributed by atoms with Gasteiger partial charge in [0.25, 0.3) is 5.91 Å². The monoisotopic (exact) mass is 432 g/mol. The molecule has 2 aromatic carbocycles. The molecule has 1 fully saturated rings. The Labute approximate surface area is 187 Å². The van der Waals surface area contributed by atoms with Crippen LogP contribution < -0.4 is 10.6 Å². The zero-order valence-corrected chi connectivity index (χ0v) is 18.6. The lowest BCUT2D eigenvalue weighted by molar-refractivity contribution is 0.102. The lowest BCUT2D eigenvalue weighted by Gasteiger charge is -2.25. The molecule has 1 aliphatic rings. The van der Waals surface area contributed by atoms with Crippen LogP contribution in [0.15, 0.2) is 48.5 Å². The first-order chi connectivity index (χ1) is 15.3. The van der Waals surface area contributed by atoms with Gasteiger partial charge in [0.15, 0.2) is 0 Å². The first-order valence-electron chi connectivity index (χ1n) is 10.9. The summed E-state index contributed by atoms with van der Waals surface area (Å²) in [5.41, 5.74) is 3.81. The normalized spacial score (nSPS) is 13.6. The molecule has 4 rings (SSSR count). The molecule has 0 aliphatic heterocycles. The molecule has 3 N–H and O–H groups in total. The highest BCUT2D eigenvalue weighted by molar-refractivity contribution is 6.05. The number of aryl methyl sites for hydroxylation is 1. The highest BCUT2D eigenvalue weighted by Gasteiger charge is 2.28. The van der Waals surface area contributed by atoms with Crippen molar-refractivity contribution in [2.45, 2.75) is 52.0 Å². The van der Waals surface area contributed by atoms with Crippen LogP contribution in [0.5, 0.6) is 5.75 Å². The van der Waals surface area contributed by atoms with Crippen molar-refractivity contribution in [3.05, 3.63) is 65.4 Å². The SMILES string of the molecule is Cc1ccccc1C(=O)Nc1ccc(O)c(-c2cc(C3CCC3)n(C(=O)NC(C)C)n2)c1. The van der Waals surface area contributed by atoms with Crippen molar-refractivity contribution in [1.29, 1.82) is 0 Å². The number of phenolic OH excluding ortho intramolecular Hbond substituents is 1. The van der Waals surface area contributed by atoms with E-state index >= 15 is 0 Å². The summed E-state index contributed by atoms with van der Waals surface area (Å²) in [7, 11) is 0. The van der Waals surface area contributed by atoms with Crippen LogP contribution >= 0.6 is 0 Å². The second kappa shape index (κ2) is 8.86. The van der Waals surface area contributed by atoms with E-state index < -0.39 is 0 Å². The topological polar surface area (TPSA) is 96.2 Å². The van der Waals surface area contributed by atoms with Crippen molar-refractivity contribution in [3.63, 3.8) is 0 Å². The average molecular weight is 433 g/mol. The molecule has 1 saturated carbocycles. The maximum atomic E-state index is 12.7. The van der Waals surface area contributed by atoms with Gasteiger partial charge in [0.05, 0.1) is 11.4 Å². The fraction of sp³-hybridized carbons (Fsp3) is 0.320. The van der Waals surface area contributed by atoms with Gasteiger partial charge in [-0.1, -0.05) is 24.6 Å². The predicted molar refractivity (Wildman–Crippen MR) is 124 cm³/mol. The van der Waals surface area contributed by atoms with Crippen LogP contribution in [0.1, 0.15) is 60.6 Å². The number of aromatic nitrogens is 2. The molecule has 1 heterocycles. The summed E-state index contributed by atoms with van der Waals surface area (Å²) in [5, 5.41) is 20.8. The number of rotatable bonds is 5. The van der Waals surface area contributed by atoms with Crippen molar-refractivity contribution in [1.82, 2.24) is 15.1 Å². The number of hydrogen-bond acceptors (Lipinski definition) is 4. The molecule has 0 radical (unpaired) electrons. The molecule has 166 valence electrons. The quantitative estimate of drug-likeness (QED) is 0.492. The van der Waals surface area contributed by atoms with Crippen molar-refractivity contribution in [3.8, 4) is 17.0 Å². The minimum absolute atomic E-state index is 0.0159. The lowest BCUT2D eigenvalue weighted by Crippen LogP contribution is -2.36. The Hall–Kier alpha value is -3.61. The van der Waals surface area contributed by atoms with Gasteiger partial charge in [-0.05, 0) is 69.5 Å². The third-order valence-electron chi connectivity index (χ3n) is 5.78. The average Bonchev–Trinajstić information content (AvgIpc) is 3.12. The van der Waals surface area contributed by atoms with Crippen molar-refractivity contribution < 1.29 is 14.7 Å². The van der Waals surface area contributed by atoms with E-state index in [9.17, 15) is 14.7 Å². The van der Waals surface area contributed by atoms with Gasteiger partial charge in [0.2, 0.25) is 0 Å². The fourth-order valence-corrected chi connectivity index (χ4v) is 3.84. The first kappa shape index (κ1) is 21.6. The number of benzene rings is 2. The number of nitrogens with zero attached hydrogens (tertiary/aromatic N) is 2. The predicted octanol–water partition coefficient (Wildman–Crippen LogP) is 5.05. The minimum Gasteiger partial charge on any atom is -0.507 e. The summed E-state index contributed by atoms with van der Waals surface area (Å²) >= 11 is 0. The summed E-state index contributed by atoms with van der Waals surface area (Å²) < 4.78 is 1.41. The van der Waals surface area contributed by atoms with E-state index in [0.29, 0.717) is 22.5 Å². The van der Waals surface area contributed by atoms with Crippen LogP contribution in [-0.4, -0.2) is 32.9 Å². The van der Waals surface area contributed by atoms with Crippen LogP contribution in [0.25, 0.3) is 11.3 Å². The smallest absolute Gasteiger partial charge is 0.342 e. The minimum atomic E-state index is -0.281. The first-order valence-corrected chi connectivity index (χ1v) is 10.9. The van der Waals surface area contributed by atoms with Gasteiger partial charge in [-0.25, -0.2) is 4.79 Å². The van der Waals surface area contributed by atoms with Crippen LogP contribution in [0.2, 0.25) is 0 Å². The molecular weight excluding hydrogens is 404 g/mol. The van der Waals surface area contributed by atoms with Gasteiger partial charge in [0, 0.05) is 28.8 Å². The molecule has 7 heteroatoms. The van der Waals surface area contributed by atoms with Crippen LogP contribution in [0.3, 0.4) is 0 Å². The molecule has 3 aromatic rings. The van der Waals surface area contributed by atoms with Crippen LogP contribution in [0, 0.1) is 6.92 Å². The molecule has 0 bridgehead atoms. The number of phenols is 1. The van der Waals surface area contributed by atoms with E-state index in [-0.39, 0.29) is 29.6 Å². The summed E-state index contributed by atoms with van der Waals surface area (Å²) in [4.78, 5) is 25.4. The van der Waals surface area contributed by atoms with Gasteiger partial charge in [-0.15, -0.1) is 0 Å². The number of carbonyl (C=O) groups is 2. The summed E-state index contributed by atoms with van der Waals surface area (Å²) in [6.45, 7) is 5.68. The standard InChI is InChI=1S/C25H28N4O3/c1-15(2)26-25(32)29-22(17-8-6-9-17)14-21(28-29)20-13-18(11-12-23(20)30)27-24(31)19-10-5-4-7-16(19)3/h4-5,7,10-15,17,30H,6,8-9H2,1-3H3,(H,26,32)(H,27,31). The fourth-order valence-electron chi connectivity index (χ4n) is 3.84. The highest BCUT2D eigenvalue weighted by atomic mass is 16.3. The van der Waals surface area contributed by atoms with E-state index in [1.807, 2.05) is 45.0 Å². The number of aromatic hydroxyl groups is 1. The molecule has 2 amide bonds. The summed E-state index contributed by atoms with van der Waals surface area (Å²) in [5.74, 6) is 0.0879. The van der Waals surface area contributed by atoms with Crippen molar-refractivity contribution in [2.75, 3.05) is 5.32 Å². The molecule has 0 spiro atoms. The molecule has 0 unspecified atom stereocenters. The number of amides is 2. The van der Waals surface area contributed by atoms with Gasteiger partial charge < -0.3 is 15.7 Å². The molecular formula is C25H28N4O3. The second-order valence-corrected chi connectivity index (χ2v) is 8.60. The third-order valence-corrected chi connectivity index (χ3v) is 5.78. The van der Waals surface area contributed by atoms with E-state index in [2.05, 4.69) is 15.7 Å². The molecule has 1 aromatic heterocycles. The number of hydrogen-bond donors (Lipinski definition) is 3. The zero-order chi connectivity index (χ0) is 22.8. The van der Waals surface area contributed by atoms with Crippen molar-refractivity contribution in [2.24, 2.45) is 0 Å². The van der Waals surface area contributed by atoms with E-state index in [0.717, 1.165) is 30.5 Å². The lowest BCUT2D eigenvalue weighted by atomic mass is 9.82. The highest BCUT2D eigenvalue weighted by Crippen LogP contribution is 2.39. The summed E-state index contributed by atoms with van der Waals surface area (Å²) in [6.07, 6.45) is 3.15. The maximum absolute atomic E-state index is 12.7. The van der Waals surface area contributed by atoms with Gasteiger partial charge in [0.1, 0.15) is 5.75 Å². The molecule has 7 nitrogen and oxygen atoms in total. The zero-order valence-electron chi connectivity index (χ0n) is 18.6. The van der Waals surface area contributed by atoms with Gasteiger partial charge >= 0.3 is 6.03 Å². The Morgan fingerprint density at radius 3 is 2.53 bits per heavy atom. The Morgan fingerprint density at radius 2 is 1.88 bits per heavy atom. The molecule has 32 heavy (non-hydrogen) atoms. The van der Waals surface area contributed by atoms with E-state index in [1.54, 1.807) is 18.2 Å². The number of nitrogens with one attached hydrogen (secondary N) is 2. The van der Waals surface area contributed by atoms with E-state index in [1.165, 1.54) is 10.7 Å². The number of carbonyl (C=O) groups excluding carboxylic acids is 2. The Balaban J connectivity index is 1.66. The largest absolute Gasteiger partial charge is 0.507 e. The number of anilines is 1. The van der Waals surface area contributed by atoms with E-state index in [4.69, 9.17) is 0 Å². The third kappa shape index (κ3) is 4.37. The van der Waals surface area contributed by atoms with Gasteiger partial charge in [-0.3, -0.25) is 4.79 Å². The second-order valence-electron chi connectivity index (χ2n) is 8.60. The Morgan fingerprint density at radius 1 is 1.12 bits per heavy atom. The molecule has 0 saturated heterocycles. The summed E-state index contributed by atoms with van der Waals surface area (Å²) in [6, 6.07) is 13.8. The maximum Gasteiger partial charge on any atom is 0.342 e. The van der Waals surface area contributed by atoms with Crippen LogP contribution in [-0.2, 0) is 0 Å². The Kier molecular flexibility index (Phi) is 5.99.